The number of hydrogen-bond acceptors (Lipinski definition) is 2. The van der Waals surface area contributed by atoms with Crippen LogP contribution in [0.4, 0.5) is 0 Å². The lowest BCUT2D eigenvalue weighted by Crippen LogP contribution is -2.26. The Hall–Kier alpha value is -1.14. The number of carbonyl (C=O) groups is 1. The topological polar surface area (TPSA) is 26.3 Å². The van der Waals surface area contributed by atoms with Gasteiger partial charge in [-0.2, -0.15) is 0 Å². The summed E-state index contributed by atoms with van der Waals surface area (Å²) in [5.41, 5.74) is 2.29. The van der Waals surface area contributed by atoms with Crippen molar-refractivity contribution >= 4 is 19.3 Å². The number of unbranched alkanes of at least 4 members (excludes halogenated alkanes) is 3. The molecule has 0 bridgehead atoms. The molecule has 1 aromatic carbocycles. The minimum absolute atomic E-state index is 0.118. The molecular weight excluding hydrogens is 363 g/mol. The molecule has 0 saturated heterocycles. The number of benzene rings is 1. The quantitative estimate of drug-likeness (QED) is 0.183. The summed E-state index contributed by atoms with van der Waals surface area (Å²) in [7, 11) is -1.28. The number of esters is 1. The van der Waals surface area contributed by atoms with E-state index in [9.17, 15) is 4.79 Å². The zero-order valence-corrected chi connectivity index (χ0v) is 19.8. The molecule has 1 atom stereocenters. The van der Waals surface area contributed by atoms with Crippen molar-refractivity contribution in [2.75, 3.05) is 25.1 Å². The molecule has 0 aromatic heterocycles. The fourth-order valence-electron chi connectivity index (χ4n) is 3.92. The zero-order valence-electron chi connectivity index (χ0n) is 18.9. The van der Waals surface area contributed by atoms with Crippen LogP contribution in [0, 0.1) is 0 Å². The van der Waals surface area contributed by atoms with E-state index in [4.69, 9.17) is 4.74 Å². The Morgan fingerprint density at radius 2 is 1.43 bits per heavy atom. The molecule has 0 amide bonds. The highest BCUT2D eigenvalue weighted by atomic mass is 31.2. The van der Waals surface area contributed by atoms with Gasteiger partial charge in [-0.25, -0.2) is 4.79 Å². The summed E-state index contributed by atoms with van der Waals surface area (Å²) in [6.07, 6.45) is 13.5. The van der Waals surface area contributed by atoms with Crippen molar-refractivity contribution in [1.29, 1.82) is 0 Å². The Balaban J connectivity index is 3.36. The average Bonchev–Trinajstić information content (AvgIpc) is 2.72. The summed E-state index contributed by atoms with van der Waals surface area (Å²) >= 11 is 0. The molecule has 158 valence electrons. The largest absolute Gasteiger partial charge is 0.463 e. The molecule has 3 heteroatoms. The predicted octanol–water partition coefficient (Wildman–Crippen LogP) is 7.44. The highest BCUT2D eigenvalue weighted by molar-refractivity contribution is 7.76. The minimum Gasteiger partial charge on any atom is -0.463 e. The van der Waals surface area contributed by atoms with Gasteiger partial charge in [-0.1, -0.05) is 70.4 Å². The standard InChI is InChI=1S/C25H42O2P/c1-6-10-18-28(19-11-7-2,20-12-8-3)22(5)24(25(26)27-9-4)21-23-16-14-13-15-17-23/h13-17,21-22H,6-12,18-20H2,1-5H3/q+1/b24-21-. The minimum atomic E-state index is -1.28. The molecule has 1 unspecified atom stereocenters. The van der Waals surface area contributed by atoms with Crippen LogP contribution >= 0.6 is 7.26 Å². The summed E-state index contributed by atoms with van der Waals surface area (Å²) in [6, 6.07) is 10.2. The van der Waals surface area contributed by atoms with E-state index in [1.54, 1.807) is 0 Å². The first-order valence-electron chi connectivity index (χ1n) is 11.3. The molecule has 0 saturated carbocycles. The van der Waals surface area contributed by atoms with Crippen LogP contribution < -0.4 is 0 Å². The van der Waals surface area contributed by atoms with Crippen LogP contribution in [-0.2, 0) is 9.53 Å². The first-order chi connectivity index (χ1) is 13.5. The molecule has 0 N–H and O–H groups in total. The Morgan fingerprint density at radius 1 is 0.929 bits per heavy atom. The van der Waals surface area contributed by atoms with Crippen molar-refractivity contribution in [3.05, 3.63) is 41.5 Å². The van der Waals surface area contributed by atoms with Crippen LogP contribution in [0.15, 0.2) is 35.9 Å². The Bertz CT molecular complexity index is 558. The van der Waals surface area contributed by atoms with Crippen molar-refractivity contribution in [2.24, 2.45) is 0 Å². The second-order valence-corrected chi connectivity index (χ2v) is 12.4. The van der Waals surface area contributed by atoms with Gasteiger partial charge in [0.15, 0.2) is 0 Å². The van der Waals surface area contributed by atoms with Gasteiger partial charge >= 0.3 is 5.97 Å². The van der Waals surface area contributed by atoms with Crippen LogP contribution in [0.1, 0.15) is 78.7 Å². The van der Waals surface area contributed by atoms with Gasteiger partial charge in [0.2, 0.25) is 0 Å². The summed E-state index contributed by atoms with van der Waals surface area (Å²) in [4.78, 5) is 13.0. The maximum Gasteiger partial charge on any atom is 0.338 e. The SMILES string of the molecule is CCCC[P+](CCCC)(CCCC)C(C)/C(=C/c1ccccc1)C(=O)OCC. The predicted molar refractivity (Wildman–Crippen MR) is 127 cm³/mol. The molecule has 0 aliphatic heterocycles. The maximum atomic E-state index is 13.0. The second-order valence-electron chi connectivity index (χ2n) is 7.86. The molecular formula is C25H42O2P+. The van der Waals surface area contributed by atoms with E-state index >= 15 is 0 Å². The van der Waals surface area contributed by atoms with E-state index in [-0.39, 0.29) is 5.97 Å². The third-order valence-electron chi connectivity index (χ3n) is 5.78. The lowest BCUT2D eigenvalue weighted by Gasteiger charge is -2.34. The third kappa shape index (κ3) is 7.70. The lowest BCUT2D eigenvalue weighted by atomic mass is 10.1. The van der Waals surface area contributed by atoms with Crippen LogP contribution in [0.3, 0.4) is 0 Å². The Morgan fingerprint density at radius 3 is 1.86 bits per heavy atom. The van der Waals surface area contributed by atoms with Crippen molar-refractivity contribution in [3.63, 3.8) is 0 Å². The van der Waals surface area contributed by atoms with Gasteiger partial charge in [-0.3, -0.25) is 0 Å². The fraction of sp³-hybridized carbons (Fsp3) is 0.640. The van der Waals surface area contributed by atoms with Crippen molar-refractivity contribution in [2.45, 2.75) is 78.8 Å². The van der Waals surface area contributed by atoms with Gasteiger partial charge < -0.3 is 4.74 Å². The van der Waals surface area contributed by atoms with E-state index in [1.807, 2.05) is 25.1 Å². The maximum absolute atomic E-state index is 13.0. The molecule has 0 radical (unpaired) electrons. The first-order valence-corrected chi connectivity index (χ1v) is 13.8. The molecule has 1 rings (SSSR count). The van der Waals surface area contributed by atoms with Gasteiger partial charge in [0.25, 0.3) is 0 Å². The second kappa shape index (κ2) is 13.9. The van der Waals surface area contributed by atoms with E-state index in [0.29, 0.717) is 12.3 Å². The van der Waals surface area contributed by atoms with Crippen LogP contribution in [0.5, 0.6) is 0 Å². The highest BCUT2D eigenvalue weighted by Crippen LogP contribution is 2.66. The smallest absolute Gasteiger partial charge is 0.338 e. The van der Waals surface area contributed by atoms with E-state index in [1.165, 1.54) is 57.0 Å². The highest BCUT2D eigenvalue weighted by Gasteiger charge is 2.45. The summed E-state index contributed by atoms with van der Waals surface area (Å²) in [5, 5.41) is 0. The average molecular weight is 406 g/mol. The third-order valence-corrected chi connectivity index (χ3v) is 11.3. The van der Waals surface area contributed by atoms with Gasteiger partial charge in [0, 0.05) is 7.26 Å². The number of ether oxygens (including phenoxy) is 1. The van der Waals surface area contributed by atoms with E-state index in [0.717, 1.165) is 11.1 Å². The molecule has 1 aromatic rings. The number of hydrogen-bond donors (Lipinski definition) is 0. The molecule has 0 heterocycles. The summed E-state index contributed by atoms with van der Waals surface area (Å²) in [5.74, 6) is -0.118. The van der Waals surface area contributed by atoms with Crippen molar-refractivity contribution in [3.8, 4) is 0 Å². The van der Waals surface area contributed by atoms with Crippen molar-refractivity contribution in [1.82, 2.24) is 0 Å². The van der Waals surface area contributed by atoms with Gasteiger partial charge in [-0.15, -0.1) is 0 Å². The summed E-state index contributed by atoms with van der Waals surface area (Å²) < 4.78 is 5.52. The van der Waals surface area contributed by atoms with Crippen molar-refractivity contribution < 1.29 is 9.53 Å². The molecule has 28 heavy (non-hydrogen) atoms. The number of rotatable bonds is 14. The zero-order chi connectivity index (χ0) is 20.8. The Labute approximate surface area is 174 Å². The summed E-state index contributed by atoms with van der Waals surface area (Å²) in [6.45, 7) is 11.5. The Kier molecular flexibility index (Phi) is 12.4. The number of carbonyl (C=O) groups excluding carboxylic acids is 1. The van der Waals surface area contributed by atoms with Crippen LogP contribution in [-0.4, -0.2) is 36.7 Å². The fourth-order valence-corrected chi connectivity index (χ4v) is 9.36. The molecule has 0 aliphatic carbocycles. The van der Waals surface area contributed by atoms with Crippen LogP contribution in [0.25, 0.3) is 6.08 Å². The van der Waals surface area contributed by atoms with E-state index in [2.05, 4.69) is 45.9 Å². The molecule has 0 aliphatic rings. The molecule has 0 fully saturated rings. The van der Waals surface area contributed by atoms with Gasteiger partial charge in [0.1, 0.15) is 0 Å². The van der Waals surface area contributed by atoms with E-state index < -0.39 is 7.26 Å². The molecule has 0 spiro atoms. The monoisotopic (exact) mass is 405 g/mol. The lowest BCUT2D eigenvalue weighted by molar-refractivity contribution is -0.138. The normalized spacial score (nSPS) is 13.4. The van der Waals surface area contributed by atoms with Crippen LogP contribution in [0.2, 0.25) is 0 Å². The van der Waals surface area contributed by atoms with Gasteiger partial charge in [-0.05, 0) is 44.7 Å². The van der Waals surface area contributed by atoms with Gasteiger partial charge in [0.05, 0.1) is 36.3 Å². The molecule has 2 nitrogen and oxygen atoms in total. The first kappa shape index (κ1) is 24.9.